The summed E-state index contributed by atoms with van der Waals surface area (Å²) in [6.45, 7) is 22.5. The highest BCUT2D eigenvalue weighted by Crippen LogP contribution is 2.60. The molecule has 26 heavy (non-hydrogen) atoms. The summed E-state index contributed by atoms with van der Waals surface area (Å²) in [4.78, 5) is 13.0. The van der Waals surface area contributed by atoms with Crippen LogP contribution >= 0.6 is 0 Å². The number of carbonyl (C=O) groups excluding carboxylic acids is 1. The molecule has 5 heteroatoms. The molecular formula is C21H37NO2Si2. The van der Waals surface area contributed by atoms with E-state index in [4.69, 9.17) is 4.43 Å². The third-order valence-electron chi connectivity index (χ3n) is 7.67. The van der Waals surface area contributed by atoms with E-state index >= 15 is 0 Å². The fourth-order valence-corrected chi connectivity index (χ4v) is 9.33. The summed E-state index contributed by atoms with van der Waals surface area (Å²) in [5.41, 5.74) is -0.481. The summed E-state index contributed by atoms with van der Waals surface area (Å²) >= 11 is 0. The zero-order valence-electron chi connectivity index (χ0n) is 18.3. The molecule has 146 valence electrons. The molecule has 2 rings (SSSR count). The lowest BCUT2D eigenvalue weighted by molar-refractivity contribution is -0.126. The van der Waals surface area contributed by atoms with Gasteiger partial charge in [-0.2, -0.15) is 0 Å². The van der Waals surface area contributed by atoms with Crippen LogP contribution in [0.2, 0.25) is 36.3 Å². The van der Waals surface area contributed by atoms with E-state index in [2.05, 4.69) is 103 Å². The van der Waals surface area contributed by atoms with Crippen LogP contribution in [0, 0.1) is 5.41 Å². The smallest absolute Gasteiger partial charge is 0.228 e. The Morgan fingerprint density at radius 3 is 1.96 bits per heavy atom. The molecule has 0 radical (unpaired) electrons. The van der Waals surface area contributed by atoms with Crippen LogP contribution in [0.25, 0.3) is 0 Å². The molecule has 1 N–H and O–H groups in total. The van der Waals surface area contributed by atoms with E-state index < -0.39 is 21.8 Å². The van der Waals surface area contributed by atoms with Crippen LogP contribution in [0.15, 0.2) is 30.3 Å². The highest BCUT2D eigenvalue weighted by molar-refractivity contribution is 6.93. The van der Waals surface area contributed by atoms with Gasteiger partial charge in [-0.3, -0.25) is 4.79 Å². The minimum Gasteiger partial charge on any atom is -0.397 e. The van der Waals surface area contributed by atoms with E-state index in [1.54, 1.807) is 0 Å². The van der Waals surface area contributed by atoms with Gasteiger partial charge < -0.3 is 9.74 Å². The lowest BCUT2D eigenvalue weighted by atomic mass is 9.80. The summed E-state index contributed by atoms with van der Waals surface area (Å²) in [7, 11) is -4.08. The number of hydrogen-bond acceptors (Lipinski definition) is 2. The van der Waals surface area contributed by atoms with Gasteiger partial charge in [0.25, 0.3) is 0 Å². The van der Waals surface area contributed by atoms with Crippen LogP contribution in [0.4, 0.5) is 0 Å². The summed E-state index contributed by atoms with van der Waals surface area (Å²) in [6, 6.07) is 10.7. The van der Waals surface area contributed by atoms with Gasteiger partial charge in [-0.15, -0.1) is 0 Å². The SMILES string of the molecule is CC1(C)C(=O)N[C@H](O[Si](C)(C)C(C)(C)C)[C@@]1(C)[Si](C)(C)c1ccccc1. The first-order valence-electron chi connectivity index (χ1n) is 9.63. The third-order valence-corrected chi connectivity index (χ3v) is 17.4. The zero-order chi connectivity index (χ0) is 20.2. The van der Waals surface area contributed by atoms with Crippen molar-refractivity contribution < 1.29 is 9.22 Å². The number of nitrogens with one attached hydrogen (secondary N) is 1. The van der Waals surface area contributed by atoms with Gasteiger partial charge in [0, 0.05) is 5.04 Å². The van der Waals surface area contributed by atoms with Gasteiger partial charge in [0.05, 0.1) is 13.5 Å². The third kappa shape index (κ3) is 3.02. The molecule has 1 amide bonds. The van der Waals surface area contributed by atoms with Gasteiger partial charge in [-0.25, -0.2) is 0 Å². The largest absolute Gasteiger partial charge is 0.397 e. The maximum Gasteiger partial charge on any atom is 0.228 e. The molecule has 2 atom stereocenters. The Bertz CT molecular complexity index is 677. The average Bonchev–Trinajstić information content (AvgIpc) is 2.68. The molecule has 0 aromatic heterocycles. The minimum absolute atomic E-state index is 0.101. The van der Waals surface area contributed by atoms with E-state index in [1.165, 1.54) is 5.19 Å². The van der Waals surface area contributed by atoms with Crippen LogP contribution in [0.5, 0.6) is 0 Å². The molecule has 1 fully saturated rings. The highest BCUT2D eigenvalue weighted by atomic mass is 28.4. The molecule has 1 heterocycles. The van der Waals surface area contributed by atoms with Crippen molar-refractivity contribution in [2.45, 2.75) is 84.0 Å². The zero-order valence-corrected chi connectivity index (χ0v) is 20.3. The van der Waals surface area contributed by atoms with Crippen LogP contribution in [-0.4, -0.2) is 28.5 Å². The lowest BCUT2D eigenvalue weighted by Gasteiger charge is -2.52. The number of carbonyl (C=O) groups is 1. The van der Waals surface area contributed by atoms with Gasteiger partial charge in [0.1, 0.15) is 6.23 Å². The Balaban J connectivity index is 2.58. The normalized spacial score (nSPS) is 26.7. The second-order valence-electron chi connectivity index (χ2n) is 10.6. The average molecular weight is 392 g/mol. The molecule has 0 saturated carbocycles. The number of benzene rings is 1. The number of amides is 1. The Hall–Kier alpha value is -0.916. The molecule has 1 saturated heterocycles. The maximum atomic E-state index is 13.0. The van der Waals surface area contributed by atoms with Gasteiger partial charge in [-0.05, 0) is 18.1 Å². The van der Waals surface area contributed by atoms with Gasteiger partial charge in [0.15, 0.2) is 8.32 Å². The van der Waals surface area contributed by atoms with Crippen molar-refractivity contribution in [1.82, 2.24) is 5.32 Å². The minimum atomic E-state index is -2.06. The van der Waals surface area contributed by atoms with Crippen molar-refractivity contribution in [2.75, 3.05) is 0 Å². The van der Waals surface area contributed by atoms with E-state index in [0.29, 0.717) is 0 Å². The van der Waals surface area contributed by atoms with Crippen molar-refractivity contribution in [3.63, 3.8) is 0 Å². The standard InChI is InChI=1S/C21H37NO2Si2/c1-19(2,3)26(9,10)24-18-21(6,20(4,5)17(23)22-18)25(7,8)16-14-12-11-13-15-16/h11-15,18H,1-10H3,(H,22,23)/t18-,21-/m1/s1. The fourth-order valence-electron chi connectivity index (χ4n) is 3.89. The van der Waals surface area contributed by atoms with Crippen molar-refractivity contribution in [2.24, 2.45) is 5.41 Å². The summed E-state index contributed by atoms with van der Waals surface area (Å²) < 4.78 is 6.83. The summed E-state index contributed by atoms with van der Waals surface area (Å²) in [5.74, 6) is 0.111. The topological polar surface area (TPSA) is 38.3 Å². The van der Waals surface area contributed by atoms with Crippen LogP contribution in [0.1, 0.15) is 41.5 Å². The molecule has 1 aromatic carbocycles. The fraction of sp³-hybridized carbons (Fsp3) is 0.667. The first-order valence-corrected chi connectivity index (χ1v) is 15.5. The second kappa shape index (κ2) is 6.31. The van der Waals surface area contributed by atoms with Crippen molar-refractivity contribution >= 4 is 27.5 Å². The van der Waals surface area contributed by atoms with E-state index in [9.17, 15) is 4.79 Å². The number of rotatable bonds is 4. The Morgan fingerprint density at radius 1 is 1.00 bits per heavy atom. The van der Waals surface area contributed by atoms with Gasteiger partial charge in [0.2, 0.25) is 5.91 Å². The Kier molecular flexibility index (Phi) is 5.19. The monoisotopic (exact) mass is 391 g/mol. The molecule has 1 aromatic rings. The predicted molar refractivity (Wildman–Crippen MR) is 116 cm³/mol. The van der Waals surface area contributed by atoms with Crippen LogP contribution in [0.3, 0.4) is 0 Å². The van der Waals surface area contributed by atoms with Gasteiger partial charge in [-0.1, -0.05) is 90.2 Å². The molecule has 0 aliphatic carbocycles. The molecule has 1 aliphatic rings. The predicted octanol–water partition coefficient (Wildman–Crippen LogP) is 4.87. The van der Waals surface area contributed by atoms with Crippen molar-refractivity contribution in [3.05, 3.63) is 30.3 Å². The Labute approximate surface area is 162 Å². The molecular weight excluding hydrogens is 354 g/mol. The number of hydrogen-bond donors (Lipinski definition) is 1. The van der Waals surface area contributed by atoms with E-state index in [-0.39, 0.29) is 22.2 Å². The molecule has 0 spiro atoms. The highest BCUT2D eigenvalue weighted by Gasteiger charge is 2.66. The Morgan fingerprint density at radius 2 is 1.50 bits per heavy atom. The maximum absolute atomic E-state index is 13.0. The van der Waals surface area contributed by atoms with E-state index in [0.717, 1.165) is 0 Å². The van der Waals surface area contributed by atoms with Crippen molar-refractivity contribution in [3.8, 4) is 0 Å². The molecule has 3 nitrogen and oxygen atoms in total. The second-order valence-corrected chi connectivity index (χ2v) is 20.2. The lowest BCUT2D eigenvalue weighted by Crippen LogP contribution is -2.62. The summed E-state index contributed by atoms with van der Waals surface area (Å²) in [6.07, 6.45) is -0.243. The molecule has 0 bridgehead atoms. The first kappa shape index (κ1) is 21.4. The summed E-state index contributed by atoms with van der Waals surface area (Å²) in [5, 5.41) is 4.46. The van der Waals surface area contributed by atoms with Crippen LogP contribution < -0.4 is 10.5 Å². The molecule has 0 unspecified atom stereocenters. The van der Waals surface area contributed by atoms with Gasteiger partial charge >= 0.3 is 0 Å². The molecule has 1 aliphatic heterocycles. The first-order chi connectivity index (χ1) is 11.6. The quantitative estimate of drug-likeness (QED) is 0.744. The van der Waals surface area contributed by atoms with Crippen LogP contribution in [-0.2, 0) is 9.22 Å². The van der Waals surface area contributed by atoms with E-state index in [1.807, 2.05) is 0 Å². The van der Waals surface area contributed by atoms with Crippen molar-refractivity contribution in [1.29, 1.82) is 0 Å².